The van der Waals surface area contributed by atoms with Crippen molar-refractivity contribution in [3.05, 3.63) is 16.2 Å². The van der Waals surface area contributed by atoms with Gasteiger partial charge in [0, 0.05) is 6.07 Å². The Morgan fingerprint density at radius 1 is 1.64 bits per heavy atom. The zero-order chi connectivity index (χ0) is 10.9. The van der Waals surface area contributed by atoms with Crippen molar-refractivity contribution in [2.24, 2.45) is 5.73 Å². The fourth-order valence-corrected chi connectivity index (χ4v) is 3.15. The fraction of sp³-hybridized carbons (Fsp3) is 0. The van der Waals surface area contributed by atoms with Crippen molar-refractivity contribution >= 4 is 39.0 Å². The van der Waals surface area contributed by atoms with Gasteiger partial charge in [-0.25, -0.2) is 22.3 Å². The average Bonchev–Trinajstić information content (AvgIpc) is 2.27. The normalized spacial score (nSPS) is 11.3. The molecule has 0 saturated heterocycles. The first-order valence-corrected chi connectivity index (χ1v) is 5.78. The Morgan fingerprint density at radius 3 is 2.57 bits per heavy atom. The molecular weight excluding hydrogens is 255 g/mol. The second kappa shape index (κ2) is 3.71. The summed E-state index contributed by atoms with van der Waals surface area (Å²) in [7, 11) is -4.23. The third-order valence-electron chi connectivity index (χ3n) is 1.10. The van der Waals surface area contributed by atoms with Crippen molar-refractivity contribution < 1.29 is 17.6 Å². The zero-order valence-corrected chi connectivity index (χ0v) is 8.84. The third kappa shape index (κ3) is 2.34. The summed E-state index contributed by atoms with van der Waals surface area (Å²) in [5.74, 6) is -1.02. The summed E-state index contributed by atoms with van der Waals surface area (Å²) in [5.41, 5.74) is 4.59. The Bertz CT molecular complexity index is 469. The highest BCUT2D eigenvalue weighted by atomic mass is 35.5. The minimum absolute atomic E-state index is 0.0349. The lowest BCUT2D eigenvalue weighted by molar-refractivity contribution is 0.253. The lowest BCUT2D eigenvalue weighted by atomic mass is 10.6. The quantitative estimate of drug-likeness (QED) is 0.826. The van der Waals surface area contributed by atoms with Crippen LogP contribution in [-0.4, -0.2) is 14.4 Å². The number of amides is 2. The van der Waals surface area contributed by atoms with Gasteiger partial charge in [-0.3, -0.25) is 0 Å². The molecule has 5 nitrogen and oxygen atoms in total. The van der Waals surface area contributed by atoms with Crippen molar-refractivity contribution in [2.45, 2.75) is 4.21 Å². The summed E-state index contributed by atoms with van der Waals surface area (Å²) in [5, 5.41) is 0. The van der Waals surface area contributed by atoms with E-state index in [0.29, 0.717) is 11.3 Å². The van der Waals surface area contributed by atoms with Crippen molar-refractivity contribution in [1.29, 1.82) is 0 Å². The van der Waals surface area contributed by atoms with E-state index in [1.54, 1.807) is 0 Å². The first-order valence-electron chi connectivity index (χ1n) is 3.10. The molecule has 0 aromatic carbocycles. The number of primary amides is 1. The minimum atomic E-state index is -4.23. The van der Waals surface area contributed by atoms with E-state index in [1.165, 1.54) is 4.72 Å². The summed E-state index contributed by atoms with van der Waals surface area (Å²) in [4.78, 5) is 10.3. The molecule has 0 aliphatic rings. The van der Waals surface area contributed by atoms with Gasteiger partial charge in [0.05, 0.1) is 4.34 Å². The summed E-state index contributed by atoms with van der Waals surface area (Å²) < 4.78 is 36.0. The van der Waals surface area contributed by atoms with Crippen LogP contribution in [0.5, 0.6) is 0 Å². The molecule has 2 amide bonds. The minimum Gasteiger partial charge on any atom is -0.351 e. The molecule has 78 valence electrons. The average molecular weight is 259 g/mol. The van der Waals surface area contributed by atoms with E-state index in [0.717, 1.165) is 6.07 Å². The van der Waals surface area contributed by atoms with Crippen molar-refractivity contribution in [3.8, 4) is 0 Å². The number of halogens is 2. The van der Waals surface area contributed by atoms with E-state index >= 15 is 0 Å². The van der Waals surface area contributed by atoms with Gasteiger partial charge in [0.25, 0.3) is 10.0 Å². The standard InChI is InChI=1S/C5H4ClFN2O3S2/c6-3-1-2(7)4(13-3)14(11,12)9-5(8)10/h1H,(H3,8,9,10). The molecule has 9 heteroatoms. The molecule has 0 aliphatic carbocycles. The third-order valence-corrected chi connectivity index (χ3v) is 4.20. The number of sulfonamides is 1. The van der Waals surface area contributed by atoms with Gasteiger partial charge in [0.1, 0.15) is 0 Å². The fourth-order valence-electron chi connectivity index (χ4n) is 0.687. The molecule has 0 bridgehead atoms. The highest BCUT2D eigenvalue weighted by Crippen LogP contribution is 2.28. The van der Waals surface area contributed by atoms with Gasteiger partial charge in [-0.2, -0.15) is 0 Å². The van der Waals surface area contributed by atoms with E-state index in [4.69, 9.17) is 11.6 Å². The summed E-state index contributed by atoms with van der Waals surface area (Å²) in [6.07, 6.45) is 0. The zero-order valence-electron chi connectivity index (χ0n) is 6.45. The molecule has 0 saturated carbocycles. The molecule has 1 rings (SSSR count). The lowest BCUT2D eigenvalue weighted by Crippen LogP contribution is -2.34. The maximum absolute atomic E-state index is 12.9. The van der Waals surface area contributed by atoms with E-state index in [9.17, 15) is 17.6 Å². The van der Waals surface area contributed by atoms with Gasteiger partial charge in [-0.15, -0.1) is 11.3 Å². The maximum Gasteiger partial charge on any atom is 0.326 e. The molecule has 1 heterocycles. The number of carbonyl (C=O) groups is 1. The van der Waals surface area contributed by atoms with Crippen LogP contribution in [0.15, 0.2) is 10.3 Å². The van der Waals surface area contributed by atoms with Crippen molar-refractivity contribution in [1.82, 2.24) is 4.72 Å². The lowest BCUT2D eigenvalue weighted by Gasteiger charge is -2.00. The van der Waals surface area contributed by atoms with Crippen molar-refractivity contribution in [2.75, 3.05) is 0 Å². The number of hydrogen-bond acceptors (Lipinski definition) is 4. The van der Waals surface area contributed by atoms with E-state index in [1.807, 2.05) is 0 Å². The predicted octanol–water partition coefficient (Wildman–Crippen LogP) is 0.898. The van der Waals surface area contributed by atoms with Crippen LogP contribution in [0.3, 0.4) is 0 Å². The second-order valence-electron chi connectivity index (χ2n) is 2.16. The summed E-state index contributed by atoms with van der Waals surface area (Å²) >= 11 is 5.87. The van der Waals surface area contributed by atoms with Crippen LogP contribution in [0.4, 0.5) is 9.18 Å². The van der Waals surface area contributed by atoms with Gasteiger partial charge < -0.3 is 5.73 Å². The highest BCUT2D eigenvalue weighted by Gasteiger charge is 2.23. The van der Waals surface area contributed by atoms with Crippen LogP contribution in [0, 0.1) is 5.82 Å². The van der Waals surface area contributed by atoms with Gasteiger partial charge in [-0.05, 0) is 0 Å². The maximum atomic E-state index is 12.9. The molecule has 0 aliphatic heterocycles. The number of carbonyl (C=O) groups excluding carboxylic acids is 1. The van der Waals surface area contributed by atoms with E-state index < -0.39 is 26.1 Å². The van der Waals surface area contributed by atoms with Crippen LogP contribution >= 0.6 is 22.9 Å². The molecule has 14 heavy (non-hydrogen) atoms. The van der Waals surface area contributed by atoms with Gasteiger partial charge in [0.15, 0.2) is 10.0 Å². The first-order chi connectivity index (χ1) is 6.33. The Morgan fingerprint density at radius 2 is 2.21 bits per heavy atom. The molecule has 1 aromatic heterocycles. The summed E-state index contributed by atoms with van der Waals surface area (Å²) in [6.45, 7) is 0. The molecule has 0 spiro atoms. The van der Waals surface area contributed by atoms with Crippen LogP contribution in [0.1, 0.15) is 0 Å². The number of urea groups is 1. The van der Waals surface area contributed by atoms with Gasteiger partial charge in [-0.1, -0.05) is 11.6 Å². The molecule has 0 atom stereocenters. The van der Waals surface area contributed by atoms with Crippen LogP contribution < -0.4 is 10.5 Å². The van der Waals surface area contributed by atoms with Crippen molar-refractivity contribution in [3.63, 3.8) is 0 Å². The second-order valence-corrected chi connectivity index (χ2v) is 5.72. The molecule has 0 unspecified atom stereocenters. The predicted molar refractivity (Wildman–Crippen MR) is 49.2 cm³/mol. The van der Waals surface area contributed by atoms with Gasteiger partial charge in [0.2, 0.25) is 0 Å². The molecule has 0 fully saturated rings. The van der Waals surface area contributed by atoms with Crippen LogP contribution in [0.25, 0.3) is 0 Å². The molecule has 3 N–H and O–H groups in total. The highest BCUT2D eigenvalue weighted by molar-refractivity contribution is 7.92. The number of thiophene rings is 1. The van der Waals surface area contributed by atoms with Crippen LogP contribution in [-0.2, 0) is 10.0 Å². The SMILES string of the molecule is NC(=O)NS(=O)(=O)c1sc(Cl)cc1F. The Hall–Kier alpha value is -0.860. The largest absolute Gasteiger partial charge is 0.351 e. The Kier molecular flexibility index (Phi) is 2.98. The van der Waals surface area contributed by atoms with E-state index in [-0.39, 0.29) is 4.34 Å². The number of nitrogens with one attached hydrogen (secondary N) is 1. The molecular formula is C5H4ClFN2O3S2. The van der Waals surface area contributed by atoms with Crippen LogP contribution in [0.2, 0.25) is 4.34 Å². The Labute approximate surface area is 87.7 Å². The molecule has 1 aromatic rings. The molecule has 0 radical (unpaired) electrons. The topological polar surface area (TPSA) is 89.3 Å². The number of rotatable bonds is 2. The Balaban J connectivity index is 3.16. The number of nitrogens with two attached hydrogens (primary N) is 1. The first kappa shape index (κ1) is 11.2. The monoisotopic (exact) mass is 258 g/mol. The smallest absolute Gasteiger partial charge is 0.326 e. The van der Waals surface area contributed by atoms with E-state index in [2.05, 4.69) is 5.73 Å². The number of hydrogen-bond donors (Lipinski definition) is 2. The summed E-state index contributed by atoms with van der Waals surface area (Å²) in [6, 6.07) is -0.448. The van der Waals surface area contributed by atoms with Gasteiger partial charge >= 0.3 is 6.03 Å².